The molecule has 0 spiro atoms. The van der Waals surface area contributed by atoms with Gasteiger partial charge in [-0.3, -0.25) is 0 Å². The molecule has 0 unspecified atom stereocenters. The van der Waals surface area contributed by atoms with Gasteiger partial charge in [0.2, 0.25) is 0 Å². The van der Waals surface area contributed by atoms with Crippen LogP contribution in [-0.2, 0) is 6.42 Å². The van der Waals surface area contributed by atoms with E-state index >= 15 is 0 Å². The van der Waals surface area contributed by atoms with Crippen molar-refractivity contribution in [3.63, 3.8) is 0 Å². The second-order valence-corrected chi connectivity index (χ2v) is 4.45. The van der Waals surface area contributed by atoms with Gasteiger partial charge in [0.25, 0.3) is 0 Å². The first kappa shape index (κ1) is 11.7. The molecule has 2 rings (SSSR count). The summed E-state index contributed by atoms with van der Waals surface area (Å²) in [6.45, 7) is 6.46. The van der Waals surface area contributed by atoms with Crippen molar-refractivity contribution < 1.29 is 0 Å². The summed E-state index contributed by atoms with van der Waals surface area (Å²) < 4.78 is 0. The number of nitrogens with one attached hydrogen (secondary N) is 1. The van der Waals surface area contributed by atoms with Crippen LogP contribution in [-0.4, -0.2) is 0 Å². The van der Waals surface area contributed by atoms with E-state index in [0.717, 1.165) is 6.42 Å². The van der Waals surface area contributed by atoms with Gasteiger partial charge in [0, 0.05) is 11.4 Å². The van der Waals surface area contributed by atoms with E-state index in [1.54, 1.807) is 0 Å². The normalized spacial score (nSPS) is 10.3. The Morgan fingerprint density at radius 2 is 1.71 bits per heavy atom. The second-order valence-electron chi connectivity index (χ2n) is 4.45. The number of para-hydroxylation sites is 1. The van der Waals surface area contributed by atoms with E-state index in [1.165, 1.54) is 28.1 Å². The van der Waals surface area contributed by atoms with Gasteiger partial charge in [-0.15, -0.1) is 0 Å². The molecule has 0 aliphatic heterocycles. The molecule has 0 bridgehead atoms. The highest BCUT2D eigenvalue weighted by Gasteiger charge is 2.02. The van der Waals surface area contributed by atoms with Crippen LogP contribution in [0.4, 0.5) is 11.4 Å². The molecular formula is C16H19N. The zero-order valence-corrected chi connectivity index (χ0v) is 10.7. The fraction of sp³-hybridized carbons (Fsp3) is 0.250. The number of anilines is 2. The lowest BCUT2D eigenvalue weighted by Crippen LogP contribution is -1.97. The molecule has 2 aromatic rings. The van der Waals surface area contributed by atoms with Crippen molar-refractivity contribution in [2.75, 3.05) is 5.32 Å². The van der Waals surface area contributed by atoms with E-state index in [4.69, 9.17) is 0 Å². The highest BCUT2D eigenvalue weighted by molar-refractivity contribution is 5.66. The molecule has 0 fully saturated rings. The van der Waals surface area contributed by atoms with Crippen LogP contribution in [0.25, 0.3) is 0 Å². The van der Waals surface area contributed by atoms with Crippen molar-refractivity contribution in [2.24, 2.45) is 0 Å². The monoisotopic (exact) mass is 225 g/mol. The highest BCUT2D eigenvalue weighted by Crippen LogP contribution is 2.24. The van der Waals surface area contributed by atoms with Gasteiger partial charge in [-0.1, -0.05) is 42.8 Å². The van der Waals surface area contributed by atoms with Gasteiger partial charge in [-0.2, -0.15) is 0 Å². The number of hydrogen-bond acceptors (Lipinski definition) is 1. The van der Waals surface area contributed by atoms with E-state index in [1.807, 2.05) is 0 Å². The third-order valence-electron chi connectivity index (χ3n) is 3.06. The summed E-state index contributed by atoms with van der Waals surface area (Å²) in [6.07, 6.45) is 1.05. The molecule has 0 saturated heterocycles. The van der Waals surface area contributed by atoms with Gasteiger partial charge in [0.15, 0.2) is 0 Å². The number of rotatable bonds is 3. The van der Waals surface area contributed by atoms with E-state index in [-0.39, 0.29) is 0 Å². The summed E-state index contributed by atoms with van der Waals surface area (Å²) in [4.78, 5) is 0. The lowest BCUT2D eigenvalue weighted by molar-refractivity contribution is 1.13. The van der Waals surface area contributed by atoms with Crippen molar-refractivity contribution in [1.29, 1.82) is 0 Å². The summed E-state index contributed by atoms with van der Waals surface area (Å²) >= 11 is 0. The van der Waals surface area contributed by atoms with Crippen molar-refractivity contribution in [1.82, 2.24) is 0 Å². The predicted molar refractivity (Wildman–Crippen MR) is 75.0 cm³/mol. The molecule has 0 saturated carbocycles. The maximum absolute atomic E-state index is 3.52. The average Bonchev–Trinajstić information content (AvgIpc) is 2.34. The maximum atomic E-state index is 3.52. The molecule has 2 aromatic carbocycles. The number of hydrogen-bond donors (Lipinski definition) is 1. The summed E-state index contributed by atoms with van der Waals surface area (Å²) in [5.41, 5.74) is 6.36. The molecule has 88 valence electrons. The zero-order valence-electron chi connectivity index (χ0n) is 10.7. The van der Waals surface area contributed by atoms with Crippen LogP contribution in [0.2, 0.25) is 0 Å². The van der Waals surface area contributed by atoms with E-state index in [9.17, 15) is 0 Å². The lowest BCUT2D eigenvalue weighted by atomic mass is 10.1. The predicted octanol–water partition coefficient (Wildman–Crippen LogP) is 4.61. The molecule has 1 N–H and O–H groups in total. The Kier molecular flexibility index (Phi) is 3.48. The fourth-order valence-corrected chi connectivity index (χ4v) is 2.00. The molecule has 1 heteroatoms. The third kappa shape index (κ3) is 2.68. The Bertz CT molecular complexity index is 515. The summed E-state index contributed by atoms with van der Waals surface area (Å²) in [5, 5.41) is 3.52. The van der Waals surface area contributed by atoms with Gasteiger partial charge in [-0.25, -0.2) is 0 Å². The van der Waals surface area contributed by atoms with Crippen LogP contribution < -0.4 is 5.32 Å². The third-order valence-corrected chi connectivity index (χ3v) is 3.06. The molecule has 0 aliphatic rings. The molecule has 0 atom stereocenters. The van der Waals surface area contributed by atoms with Crippen molar-refractivity contribution in [3.05, 3.63) is 59.2 Å². The topological polar surface area (TPSA) is 12.0 Å². The van der Waals surface area contributed by atoms with Crippen LogP contribution in [0.3, 0.4) is 0 Å². The van der Waals surface area contributed by atoms with Crippen LogP contribution in [0.1, 0.15) is 23.6 Å². The van der Waals surface area contributed by atoms with Gasteiger partial charge >= 0.3 is 0 Å². The van der Waals surface area contributed by atoms with Crippen LogP contribution in [0.15, 0.2) is 42.5 Å². The molecule has 0 radical (unpaired) electrons. The second kappa shape index (κ2) is 5.05. The minimum atomic E-state index is 1.05. The fourth-order valence-electron chi connectivity index (χ4n) is 2.00. The Morgan fingerprint density at radius 1 is 0.941 bits per heavy atom. The maximum Gasteiger partial charge on any atom is 0.0416 e. The Labute approximate surface area is 103 Å². The lowest BCUT2D eigenvalue weighted by Gasteiger charge is -2.13. The van der Waals surface area contributed by atoms with Gasteiger partial charge in [0.1, 0.15) is 0 Å². The first-order valence-corrected chi connectivity index (χ1v) is 6.13. The first-order valence-electron chi connectivity index (χ1n) is 6.13. The zero-order chi connectivity index (χ0) is 12.3. The van der Waals surface area contributed by atoms with E-state index in [2.05, 4.69) is 68.6 Å². The minimum absolute atomic E-state index is 1.05. The Balaban J connectivity index is 2.33. The van der Waals surface area contributed by atoms with Gasteiger partial charge < -0.3 is 5.32 Å². The number of aryl methyl sites for hydroxylation is 3. The van der Waals surface area contributed by atoms with Gasteiger partial charge in [-0.05, 0) is 43.5 Å². The largest absolute Gasteiger partial charge is 0.355 e. The molecule has 0 aromatic heterocycles. The SMILES string of the molecule is CCc1cc(C)ccc1Nc1ccccc1C. The quantitative estimate of drug-likeness (QED) is 0.804. The highest BCUT2D eigenvalue weighted by atomic mass is 14.9. The Morgan fingerprint density at radius 3 is 2.41 bits per heavy atom. The van der Waals surface area contributed by atoms with E-state index in [0.29, 0.717) is 0 Å². The molecule has 0 aliphatic carbocycles. The standard InChI is InChI=1S/C16H19N/c1-4-14-11-12(2)9-10-16(14)17-15-8-6-5-7-13(15)3/h5-11,17H,4H2,1-3H3. The molecule has 0 heterocycles. The van der Waals surface area contributed by atoms with Crippen LogP contribution in [0, 0.1) is 13.8 Å². The minimum Gasteiger partial charge on any atom is -0.355 e. The van der Waals surface area contributed by atoms with Gasteiger partial charge in [0.05, 0.1) is 0 Å². The van der Waals surface area contributed by atoms with Crippen LogP contribution in [0.5, 0.6) is 0 Å². The molecule has 0 amide bonds. The molecular weight excluding hydrogens is 206 g/mol. The number of benzene rings is 2. The van der Waals surface area contributed by atoms with Crippen molar-refractivity contribution in [2.45, 2.75) is 27.2 Å². The van der Waals surface area contributed by atoms with Crippen LogP contribution >= 0.6 is 0 Å². The average molecular weight is 225 g/mol. The summed E-state index contributed by atoms with van der Waals surface area (Å²) in [6, 6.07) is 14.9. The molecule has 1 nitrogen and oxygen atoms in total. The summed E-state index contributed by atoms with van der Waals surface area (Å²) in [5.74, 6) is 0. The Hall–Kier alpha value is -1.76. The van der Waals surface area contributed by atoms with Crippen molar-refractivity contribution in [3.8, 4) is 0 Å². The smallest absolute Gasteiger partial charge is 0.0416 e. The summed E-state index contributed by atoms with van der Waals surface area (Å²) in [7, 11) is 0. The first-order chi connectivity index (χ1) is 8.20. The van der Waals surface area contributed by atoms with Crippen molar-refractivity contribution >= 4 is 11.4 Å². The molecule has 17 heavy (non-hydrogen) atoms. The van der Waals surface area contributed by atoms with E-state index < -0.39 is 0 Å².